The van der Waals surface area contributed by atoms with Gasteiger partial charge in [-0.15, -0.1) is 11.3 Å². The molecule has 0 spiro atoms. The summed E-state index contributed by atoms with van der Waals surface area (Å²) >= 11 is 10.7. The Kier molecular flexibility index (Phi) is 4.66. The van der Waals surface area contributed by atoms with Gasteiger partial charge < -0.3 is 10.4 Å². The molecule has 2 N–H and O–H groups in total. The highest BCUT2D eigenvalue weighted by Crippen LogP contribution is 2.38. The molecule has 0 saturated carbocycles. The van der Waals surface area contributed by atoms with E-state index in [9.17, 15) is 4.79 Å². The van der Waals surface area contributed by atoms with E-state index in [1.807, 2.05) is 0 Å². The Hall–Kier alpha value is -2.00. The molecule has 4 aromatic rings. The second-order valence-corrected chi connectivity index (χ2v) is 7.78. The molecule has 0 aliphatic heterocycles. The van der Waals surface area contributed by atoms with Gasteiger partial charge in [0.1, 0.15) is 21.4 Å². The van der Waals surface area contributed by atoms with Gasteiger partial charge in [-0.25, -0.2) is 9.97 Å². The third-order valence-corrected chi connectivity index (χ3v) is 5.81. The highest BCUT2D eigenvalue weighted by molar-refractivity contribution is 9.10. The first kappa shape index (κ1) is 17.4. The molecule has 3 heterocycles. The van der Waals surface area contributed by atoms with Crippen molar-refractivity contribution in [3.05, 3.63) is 56.6 Å². The van der Waals surface area contributed by atoms with E-state index in [0.717, 1.165) is 15.5 Å². The van der Waals surface area contributed by atoms with Crippen molar-refractivity contribution in [2.75, 3.05) is 18.5 Å². The van der Waals surface area contributed by atoms with E-state index in [1.165, 1.54) is 22.2 Å². The maximum atomic E-state index is 13.0. The minimum atomic E-state index is -0.162. The van der Waals surface area contributed by atoms with Gasteiger partial charge in [0.25, 0.3) is 5.56 Å². The Morgan fingerprint density at radius 3 is 2.77 bits per heavy atom. The number of rotatable bonds is 4. The van der Waals surface area contributed by atoms with Gasteiger partial charge in [-0.3, -0.25) is 9.36 Å². The van der Waals surface area contributed by atoms with Gasteiger partial charge in [0.05, 0.1) is 27.8 Å². The minimum absolute atomic E-state index is 0.00483. The highest BCUT2D eigenvalue weighted by atomic mass is 79.9. The summed E-state index contributed by atoms with van der Waals surface area (Å²) in [7, 11) is 0. The van der Waals surface area contributed by atoms with Gasteiger partial charge >= 0.3 is 0 Å². The van der Waals surface area contributed by atoms with Crippen molar-refractivity contribution in [3.63, 3.8) is 0 Å². The second-order valence-electron chi connectivity index (χ2n) is 5.49. The van der Waals surface area contributed by atoms with E-state index in [1.54, 1.807) is 30.5 Å². The van der Waals surface area contributed by atoms with Crippen LogP contribution in [-0.2, 0) is 0 Å². The van der Waals surface area contributed by atoms with Crippen LogP contribution in [0.5, 0.6) is 0 Å². The molecule has 0 unspecified atom stereocenters. The number of aliphatic hydroxyl groups is 1. The summed E-state index contributed by atoms with van der Waals surface area (Å²) in [4.78, 5) is 22.6. The van der Waals surface area contributed by atoms with Crippen LogP contribution in [0.2, 0.25) is 5.02 Å². The zero-order chi connectivity index (χ0) is 18.3. The molecule has 26 heavy (non-hydrogen) atoms. The van der Waals surface area contributed by atoms with Gasteiger partial charge in [0.15, 0.2) is 0 Å². The first-order valence-corrected chi connectivity index (χ1v) is 9.68. The Morgan fingerprint density at radius 2 is 2.04 bits per heavy atom. The molecule has 0 fully saturated rings. The molecule has 0 aliphatic rings. The maximum absolute atomic E-state index is 13.0. The van der Waals surface area contributed by atoms with Gasteiger partial charge in [-0.1, -0.05) is 11.6 Å². The molecule has 4 rings (SSSR count). The van der Waals surface area contributed by atoms with E-state index in [0.29, 0.717) is 32.3 Å². The molecule has 0 amide bonds. The van der Waals surface area contributed by atoms with Crippen molar-refractivity contribution in [1.29, 1.82) is 0 Å². The monoisotopic (exact) mass is 450 g/mol. The van der Waals surface area contributed by atoms with E-state index in [2.05, 4.69) is 31.2 Å². The third-order valence-electron chi connectivity index (χ3n) is 3.88. The third kappa shape index (κ3) is 2.88. The van der Waals surface area contributed by atoms with Crippen LogP contribution in [0.3, 0.4) is 0 Å². The molecular formula is C17H12BrClN4O2S. The fourth-order valence-corrected chi connectivity index (χ4v) is 4.31. The van der Waals surface area contributed by atoms with E-state index in [-0.39, 0.29) is 12.2 Å². The number of thiophene rings is 1. The van der Waals surface area contributed by atoms with Gasteiger partial charge in [0, 0.05) is 17.8 Å². The molecule has 9 heteroatoms. The van der Waals surface area contributed by atoms with Crippen molar-refractivity contribution in [1.82, 2.24) is 14.5 Å². The Morgan fingerprint density at radius 1 is 1.27 bits per heavy atom. The van der Waals surface area contributed by atoms with Crippen LogP contribution in [0.25, 0.3) is 26.1 Å². The number of nitrogens with one attached hydrogen (secondary N) is 1. The Balaban J connectivity index is 1.98. The van der Waals surface area contributed by atoms with Gasteiger partial charge in [-0.05, 0) is 40.2 Å². The fraction of sp³-hybridized carbons (Fsp3) is 0.118. The molecule has 0 radical (unpaired) electrons. The molecule has 6 nitrogen and oxygen atoms in total. The molecule has 0 saturated heterocycles. The number of halogens is 2. The van der Waals surface area contributed by atoms with Crippen LogP contribution in [-0.4, -0.2) is 32.8 Å². The summed E-state index contributed by atoms with van der Waals surface area (Å²) in [5.41, 5.74) is 1.89. The zero-order valence-corrected chi connectivity index (χ0v) is 16.4. The number of aromatic nitrogens is 3. The van der Waals surface area contributed by atoms with Crippen molar-refractivity contribution in [3.8, 4) is 5.69 Å². The topological polar surface area (TPSA) is 80.0 Å². The Bertz CT molecular complexity index is 1170. The van der Waals surface area contributed by atoms with Crippen LogP contribution < -0.4 is 10.9 Å². The SMILES string of the molecule is O=c1c2sc3ncc(Br)c(NCCO)c3c2ncn1-c1ccc(Cl)cc1. The highest BCUT2D eigenvalue weighted by Gasteiger charge is 2.18. The average Bonchev–Trinajstić information content (AvgIpc) is 3.02. The van der Waals surface area contributed by atoms with Crippen LogP contribution in [0.15, 0.2) is 46.1 Å². The quantitative estimate of drug-likeness (QED) is 0.493. The van der Waals surface area contributed by atoms with E-state index < -0.39 is 0 Å². The van der Waals surface area contributed by atoms with Crippen molar-refractivity contribution in [2.45, 2.75) is 0 Å². The molecule has 132 valence electrons. The van der Waals surface area contributed by atoms with Crippen molar-refractivity contribution < 1.29 is 5.11 Å². The fourth-order valence-electron chi connectivity index (χ4n) is 2.71. The number of nitrogens with zero attached hydrogens (tertiary/aromatic N) is 3. The second kappa shape index (κ2) is 6.96. The number of pyridine rings is 1. The summed E-state index contributed by atoms with van der Waals surface area (Å²) in [6, 6.07) is 7.00. The standard InChI is InChI=1S/C17H12BrClN4O2S/c18-11-7-21-16-12(13(11)20-5-6-24)14-15(26-16)17(25)23(8-22-14)10-3-1-9(19)2-4-10/h1-4,7-8,24H,5-6H2,(H,20,21). The first-order valence-electron chi connectivity index (χ1n) is 7.69. The lowest BCUT2D eigenvalue weighted by Gasteiger charge is -2.09. The maximum Gasteiger partial charge on any atom is 0.275 e. The average molecular weight is 452 g/mol. The van der Waals surface area contributed by atoms with E-state index in [4.69, 9.17) is 16.7 Å². The molecule has 3 aromatic heterocycles. The van der Waals surface area contributed by atoms with Gasteiger partial charge in [0.2, 0.25) is 0 Å². The smallest absolute Gasteiger partial charge is 0.275 e. The largest absolute Gasteiger partial charge is 0.395 e. The molecule has 1 aromatic carbocycles. The van der Waals surface area contributed by atoms with Crippen LogP contribution in [0.4, 0.5) is 5.69 Å². The van der Waals surface area contributed by atoms with E-state index >= 15 is 0 Å². The molecule has 0 atom stereocenters. The summed E-state index contributed by atoms with van der Waals surface area (Å²) < 4.78 is 2.76. The summed E-state index contributed by atoms with van der Waals surface area (Å²) in [5.74, 6) is 0. The van der Waals surface area contributed by atoms with Gasteiger partial charge in [-0.2, -0.15) is 0 Å². The van der Waals surface area contributed by atoms with Crippen LogP contribution in [0, 0.1) is 0 Å². The summed E-state index contributed by atoms with van der Waals surface area (Å²) in [6.07, 6.45) is 3.19. The van der Waals surface area contributed by atoms with Crippen LogP contribution >= 0.6 is 38.9 Å². The summed E-state index contributed by atoms with van der Waals surface area (Å²) in [5, 5.41) is 13.6. The number of hydrogen-bond donors (Lipinski definition) is 2. The van der Waals surface area contributed by atoms with Crippen molar-refractivity contribution >= 4 is 65.0 Å². The molecular weight excluding hydrogens is 440 g/mol. The molecule has 0 bridgehead atoms. The first-order chi connectivity index (χ1) is 12.6. The number of aliphatic hydroxyl groups excluding tert-OH is 1. The predicted molar refractivity (Wildman–Crippen MR) is 109 cm³/mol. The molecule has 0 aliphatic carbocycles. The number of hydrogen-bond acceptors (Lipinski definition) is 6. The lowest BCUT2D eigenvalue weighted by molar-refractivity contribution is 0.311. The van der Waals surface area contributed by atoms with Crippen molar-refractivity contribution in [2.24, 2.45) is 0 Å². The number of benzene rings is 1. The minimum Gasteiger partial charge on any atom is -0.395 e. The number of fused-ring (bicyclic) bond motifs is 3. The predicted octanol–water partition coefficient (Wildman–Crippen LogP) is 3.82. The zero-order valence-electron chi connectivity index (χ0n) is 13.2. The lowest BCUT2D eigenvalue weighted by atomic mass is 10.2. The normalized spacial score (nSPS) is 11.3. The lowest BCUT2D eigenvalue weighted by Crippen LogP contribution is -2.17. The Labute approximate surface area is 165 Å². The summed E-state index contributed by atoms with van der Waals surface area (Å²) in [6.45, 7) is 0.381. The number of anilines is 1. The van der Waals surface area contributed by atoms with Crippen LogP contribution in [0.1, 0.15) is 0 Å².